The number of benzene rings is 5. The third kappa shape index (κ3) is 7.18. The molecule has 0 amide bonds. The molecule has 2 saturated carbocycles. The predicted molar refractivity (Wildman–Crippen MR) is 282 cm³/mol. The first-order valence-electron chi connectivity index (χ1n) is 25.3. The quantitative estimate of drug-likeness (QED) is 0.174. The highest BCUT2D eigenvalue weighted by Crippen LogP contribution is 2.64. The summed E-state index contributed by atoms with van der Waals surface area (Å²) in [4.78, 5) is 8.20. The van der Waals surface area contributed by atoms with Gasteiger partial charge in [0.05, 0.1) is 16.8 Å². The molecule has 0 spiro atoms. The summed E-state index contributed by atoms with van der Waals surface area (Å²) in [5.41, 5.74) is 17.6. The second-order valence-electron chi connectivity index (χ2n) is 25.9. The Bertz CT molecular complexity index is 2430. The maximum Gasteiger partial charge on any atom is 0.0517 e. The summed E-state index contributed by atoms with van der Waals surface area (Å²) in [6.45, 7) is 38.5. The summed E-state index contributed by atoms with van der Waals surface area (Å²) in [5, 5.41) is 0. The molecule has 2 aliphatic carbocycles. The zero-order valence-electron chi connectivity index (χ0n) is 43.3. The molecule has 2 aliphatic heterocycles. The van der Waals surface area contributed by atoms with E-state index in [1.165, 1.54) is 112 Å². The van der Waals surface area contributed by atoms with E-state index in [-0.39, 0.29) is 43.6 Å². The molecule has 4 atom stereocenters. The van der Waals surface area contributed by atoms with Crippen LogP contribution in [0.25, 0.3) is 0 Å². The summed E-state index contributed by atoms with van der Waals surface area (Å²) in [6.07, 6.45) is 9.74. The number of rotatable bonds is 5. The van der Waals surface area contributed by atoms with E-state index in [1.807, 2.05) is 0 Å². The zero-order chi connectivity index (χ0) is 46.9. The fourth-order valence-electron chi connectivity index (χ4n) is 12.8. The van der Waals surface area contributed by atoms with Gasteiger partial charge in [0, 0.05) is 45.0 Å². The Labute approximate surface area is 395 Å². The molecule has 5 aromatic carbocycles. The van der Waals surface area contributed by atoms with E-state index >= 15 is 0 Å². The van der Waals surface area contributed by atoms with Crippen molar-refractivity contribution in [3.8, 4) is 0 Å². The van der Waals surface area contributed by atoms with Gasteiger partial charge in [-0.3, -0.25) is 0 Å². The topological polar surface area (TPSA) is 9.72 Å². The maximum absolute atomic E-state index is 2.83. The van der Waals surface area contributed by atoms with Crippen molar-refractivity contribution in [1.29, 1.82) is 0 Å². The highest BCUT2D eigenvalue weighted by Gasteiger charge is 2.60. The van der Waals surface area contributed by atoms with Crippen LogP contribution in [-0.2, 0) is 32.5 Å². The number of hydrogen-bond donors (Lipinski definition) is 0. The molecule has 0 bridgehead atoms. The molecule has 65 heavy (non-hydrogen) atoms. The summed E-state index contributed by atoms with van der Waals surface area (Å²) >= 11 is 0. The van der Waals surface area contributed by atoms with Gasteiger partial charge in [0.25, 0.3) is 0 Å². The molecule has 9 rings (SSSR count). The molecule has 0 radical (unpaired) electrons. The monoisotopic (exact) mass is 868 g/mol. The first-order chi connectivity index (χ1) is 30.2. The lowest BCUT2D eigenvalue weighted by molar-refractivity contribution is 0.194. The summed E-state index contributed by atoms with van der Waals surface area (Å²) in [7, 11) is 0. The minimum Gasteiger partial charge on any atom is -0.334 e. The number of nitrogens with zero attached hydrogens (tertiary/aromatic N) is 3. The lowest BCUT2D eigenvalue weighted by atomic mass is 9.61. The van der Waals surface area contributed by atoms with Crippen LogP contribution >= 0.6 is 0 Å². The molecule has 2 fully saturated rings. The molecule has 2 heterocycles. The van der Waals surface area contributed by atoms with Gasteiger partial charge in [-0.05, 0) is 149 Å². The fraction of sp³-hybridized carbons (Fsp3) is 0.516. The molecular weight excluding hydrogens is 787 g/mol. The van der Waals surface area contributed by atoms with Crippen LogP contribution in [0.3, 0.4) is 0 Å². The first-order valence-corrected chi connectivity index (χ1v) is 25.3. The van der Waals surface area contributed by atoms with E-state index in [0.717, 1.165) is 12.8 Å². The van der Waals surface area contributed by atoms with Gasteiger partial charge in [-0.25, -0.2) is 0 Å². The van der Waals surface area contributed by atoms with Gasteiger partial charge >= 0.3 is 0 Å². The zero-order valence-corrected chi connectivity index (χ0v) is 43.3. The minimum atomic E-state index is -0.0959. The van der Waals surface area contributed by atoms with Crippen molar-refractivity contribution in [2.75, 3.05) is 14.7 Å². The van der Waals surface area contributed by atoms with Gasteiger partial charge in [0.2, 0.25) is 0 Å². The van der Waals surface area contributed by atoms with Crippen LogP contribution in [-0.4, -0.2) is 11.1 Å². The lowest BCUT2D eigenvalue weighted by Gasteiger charge is -2.51. The number of fused-ring (bicyclic) bond motifs is 6. The van der Waals surface area contributed by atoms with Crippen molar-refractivity contribution >= 4 is 39.8 Å². The van der Waals surface area contributed by atoms with E-state index < -0.39 is 0 Å². The fourth-order valence-corrected chi connectivity index (χ4v) is 12.8. The molecule has 4 unspecified atom stereocenters. The average Bonchev–Trinajstić information content (AvgIpc) is 3.57. The Balaban J connectivity index is 1.35. The Hall–Kier alpha value is -4.50. The predicted octanol–water partition coefficient (Wildman–Crippen LogP) is 17.8. The van der Waals surface area contributed by atoms with Gasteiger partial charge in [-0.2, -0.15) is 0 Å². The highest BCUT2D eigenvalue weighted by molar-refractivity contribution is 5.89. The van der Waals surface area contributed by atoms with Crippen molar-refractivity contribution in [3.63, 3.8) is 0 Å². The molecular formula is C62H81N3. The van der Waals surface area contributed by atoms with Crippen LogP contribution in [0.1, 0.15) is 196 Å². The molecule has 0 N–H and O–H groups in total. The van der Waals surface area contributed by atoms with Gasteiger partial charge in [0.15, 0.2) is 0 Å². The van der Waals surface area contributed by atoms with E-state index in [0.29, 0.717) is 0 Å². The third-order valence-electron chi connectivity index (χ3n) is 17.6. The van der Waals surface area contributed by atoms with Crippen molar-refractivity contribution in [2.24, 2.45) is 0 Å². The van der Waals surface area contributed by atoms with Crippen LogP contribution in [0, 0.1) is 0 Å². The van der Waals surface area contributed by atoms with Crippen LogP contribution in [0.4, 0.5) is 39.8 Å². The van der Waals surface area contributed by atoms with Crippen molar-refractivity contribution in [2.45, 2.75) is 206 Å². The highest BCUT2D eigenvalue weighted by atomic mass is 15.3. The molecule has 344 valence electrons. The standard InChI is InChI=1S/C62H81N3/c1-55(2,3)42-21-27-46(28-22-42)63(47-29-23-43(24-30-47)56(4,5)6)48-39-49(64-53-31-25-44(57(7,8)9)37-51(53)59(13)33-17-19-35-61(59,64)15)41-50(40-48)65-54-32-26-45(58(10,11)12)38-52(54)60(14)34-18-20-36-62(60,65)16/h21-32,37-41H,17-20,33-36H2,1-16H3. The minimum absolute atomic E-state index is 0.0147. The van der Waals surface area contributed by atoms with E-state index in [2.05, 4.69) is 229 Å². The van der Waals surface area contributed by atoms with Crippen LogP contribution < -0.4 is 14.7 Å². The van der Waals surface area contributed by atoms with Gasteiger partial charge in [-0.1, -0.05) is 171 Å². The second-order valence-corrected chi connectivity index (χ2v) is 25.9. The van der Waals surface area contributed by atoms with Gasteiger partial charge in [0.1, 0.15) is 0 Å². The molecule has 0 aromatic heterocycles. The maximum atomic E-state index is 2.83. The molecule has 3 heteroatoms. The smallest absolute Gasteiger partial charge is 0.0517 e. The Morgan fingerprint density at radius 3 is 1.03 bits per heavy atom. The Morgan fingerprint density at radius 1 is 0.369 bits per heavy atom. The number of anilines is 7. The Kier molecular flexibility index (Phi) is 10.5. The van der Waals surface area contributed by atoms with Crippen molar-refractivity contribution in [1.82, 2.24) is 0 Å². The largest absolute Gasteiger partial charge is 0.334 e. The van der Waals surface area contributed by atoms with Crippen LogP contribution in [0.2, 0.25) is 0 Å². The average molecular weight is 868 g/mol. The first kappa shape index (κ1) is 45.6. The third-order valence-corrected chi connectivity index (χ3v) is 17.6. The molecule has 3 nitrogen and oxygen atoms in total. The number of hydrogen-bond acceptors (Lipinski definition) is 3. The van der Waals surface area contributed by atoms with E-state index in [1.54, 1.807) is 0 Å². The summed E-state index contributed by atoms with van der Waals surface area (Å²) < 4.78 is 0. The second kappa shape index (κ2) is 15.0. The molecule has 4 aliphatic rings. The van der Waals surface area contributed by atoms with E-state index in [9.17, 15) is 0 Å². The normalized spacial score (nSPS) is 25.5. The van der Waals surface area contributed by atoms with E-state index in [4.69, 9.17) is 0 Å². The molecule has 0 saturated heterocycles. The van der Waals surface area contributed by atoms with Gasteiger partial charge in [-0.15, -0.1) is 0 Å². The van der Waals surface area contributed by atoms with Crippen molar-refractivity contribution in [3.05, 3.63) is 137 Å². The van der Waals surface area contributed by atoms with Crippen LogP contribution in [0.15, 0.2) is 103 Å². The lowest BCUT2D eigenvalue weighted by Crippen LogP contribution is -2.55. The Morgan fingerprint density at radius 2 is 0.692 bits per heavy atom. The molecule has 5 aromatic rings. The van der Waals surface area contributed by atoms with Gasteiger partial charge < -0.3 is 14.7 Å². The van der Waals surface area contributed by atoms with Crippen molar-refractivity contribution < 1.29 is 0 Å². The SMILES string of the molecule is CC(C)(C)c1ccc(N(c2ccc(C(C)(C)C)cc2)c2cc(N3c4ccc(C(C)(C)C)cc4C4(C)CCCCC34C)cc(N3c4ccc(C(C)(C)C)cc4C4(C)CCCCC34C)c2)cc1. The summed E-state index contributed by atoms with van der Waals surface area (Å²) in [6, 6.07) is 41.6. The van der Waals surface area contributed by atoms with Crippen LogP contribution in [0.5, 0.6) is 0 Å². The summed E-state index contributed by atoms with van der Waals surface area (Å²) in [5.74, 6) is 0.